The molecule has 0 aromatic heterocycles. The molecule has 0 bridgehead atoms. The Morgan fingerprint density at radius 1 is 0.929 bits per heavy atom. The molecular formula is C24H31NO3. The number of unbranched alkanes of at least 4 members (excludes halogenated alkanes) is 5. The zero-order chi connectivity index (χ0) is 20.5. The Hall–Kier alpha value is -2.62. The number of rotatable bonds is 10. The van der Waals surface area contributed by atoms with Gasteiger partial charge >= 0.3 is 5.97 Å². The predicted molar refractivity (Wildman–Crippen MR) is 114 cm³/mol. The van der Waals surface area contributed by atoms with Gasteiger partial charge in [0.2, 0.25) is 0 Å². The minimum Gasteiger partial charge on any atom is -0.478 e. The summed E-state index contributed by atoms with van der Waals surface area (Å²) in [5, 5.41) is 12.1. The zero-order valence-electron chi connectivity index (χ0n) is 17.2. The van der Waals surface area contributed by atoms with Crippen molar-refractivity contribution in [3.8, 4) is 0 Å². The molecule has 28 heavy (non-hydrogen) atoms. The summed E-state index contributed by atoms with van der Waals surface area (Å²) in [5.74, 6) is -1.34. The molecule has 0 radical (unpaired) electrons. The number of carbonyl (C=O) groups is 2. The second-order valence-corrected chi connectivity index (χ2v) is 7.47. The van der Waals surface area contributed by atoms with Crippen LogP contribution in [0.4, 0.5) is 5.69 Å². The maximum absolute atomic E-state index is 12.6. The molecule has 0 aliphatic carbocycles. The smallest absolute Gasteiger partial charge is 0.337 e. The van der Waals surface area contributed by atoms with Crippen LogP contribution in [-0.2, 0) is 6.42 Å². The first-order valence-electron chi connectivity index (χ1n) is 10.2. The zero-order valence-corrected chi connectivity index (χ0v) is 17.2. The highest BCUT2D eigenvalue weighted by atomic mass is 16.4. The summed E-state index contributed by atoms with van der Waals surface area (Å²) in [4.78, 5) is 24.0. The lowest BCUT2D eigenvalue weighted by molar-refractivity contribution is 0.0698. The summed E-state index contributed by atoms with van der Waals surface area (Å²) in [5.41, 5.74) is 4.17. The minimum atomic E-state index is -1.05. The summed E-state index contributed by atoms with van der Waals surface area (Å²) >= 11 is 0. The van der Waals surface area contributed by atoms with Crippen molar-refractivity contribution in [1.82, 2.24) is 0 Å². The van der Waals surface area contributed by atoms with Gasteiger partial charge in [0.1, 0.15) is 0 Å². The van der Waals surface area contributed by atoms with E-state index in [1.165, 1.54) is 44.1 Å². The maximum atomic E-state index is 12.6. The van der Waals surface area contributed by atoms with Gasteiger partial charge in [-0.2, -0.15) is 0 Å². The van der Waals surface area contributed by atoms with Crippen LogP contribution in [0.15, 0.2) is 36.4 Å². The monoisotopic (exact) mass is 381 g/mol. The third-order valence-corrected chi connectivity index (χ3v) is 5.06. The van der Waals surface area contributed by atoms with E-state index in [1.807, 2.05) is 32.0 Å². The van der Waals surface area contributed by atoms with Gasteiger partial charge in [-0.3, -0.25) is 4.79 Å². The normalized spacial score (nSPS) is 10.7. The molecule has 0 fully saturated rings. The van der Waals surface area contributed by atoms with Crippen molar-refractivity contribution in [3.05, 3.63) is 64.2 Å². The Morgan fingerprint density at radius 3 is 2.32 bits per heavy atom. The number of carboxylic acids is 1. The molecule has 2 rings (SSSR count). The van der Waals surface area contributed by atoms with Gasteiger partial charge < -0.3 is 10.4 Å². The molecule has 0 saturated heterocycles. The summed E-state index contributed by atoms with van der Waals surface area (Å²) < 4.78 is 0. The maximum Gasteiger partial charge on any atom is 0.337 e. The lowest BCUT2D eigenvalue weighted by atomic mass is 9.99. The van der Waals surface area contributed by atoms with Crippen LogP contribution >= 0.6 is 0 Å². The minimum absolute atomic E-state index is 0.102. The van der Waals surface area contributed by atoms with Crippen LogP contribution < -0.4 is 5.32 Å². The molecule has 0 aliphatic heterocycles. The fraction of sp³-hybridized carbons (Fsp3) is 0.417. The van der Waals surface area contributed by atoms with Gasteiger partial charge in [-0.25, -0.2) is 4.79 Å². The molecule has 2 aromatic carbocycles. The lowest BCUT2D eigenvalue weighted by Crippen LogP contribution is -2.15. The van der Waals surface area contributed by atoms with E-state index in [0.717, 1.165) is 17.5 Å². The van der Waals surface area contributed by atoms with E-state index < -0.39 is 5.97 Å². The molecule has 4 nitrogen and oxygen atoms in total. The fourth-order valence-corrected chi connectivity index (χ4v) is 3.35. The van der Waals surface area contributed by atoms with Crippen LogP contribution in [0.1, 0.15) is 82.9 Å². The molecule has 2 aromatic rings. The van der Waals surface area contributed by atoms with Crippen molar-refractivity contribution in [2.24, 2.45) is 0 Å². The van der Waals surface area contributed by atoms with Crippen LogP contribution in [0.25, 0.3) is 0 Å². The van der Waals surface area contributed by atoms with Crippen LogP contribution in [0.3, 0.4) is 0 Å². The number of carbonyl (C=O) groups excluding carboxylic acids is 1. The molecule has 150 valence electrons. The highest BCUT2D eigenvalue weighted by Crippen LogP contribution is 2.20. The van der Waals surface area contributed by atoms with Gasteiger partial charge in [0.25, 0.3) is 5.91 Å². The SMILES string of the molecule is CCCCCCCCc1ccc(C(=O)Nc2ccc(C)cc2C(=O)O)cc1C. The second kappa shape index (κ2) is 10.6. The summed E-state index contributed by atoms with van der Waals surface area (Å²) in [7, 11) is 0. The first-order chi connectivity index (χ1) is 13.4. The Balaban J connectivity index is 2.00. The van der Waals surface area contributed by atoms with Crippen LogP contribution in [-0.4, -0.2) is 17.0 Å². The largest absolute Gasteiger partial charge is 0.478 e. The van der Waals surface area contributed by atoms with Crippen molar-refractivity contribution >= 4 is 17.6 Å². The number of aryl methyl sites for hydroxylation is 3. The quantitative estimate of drug-likeness (QED) is 0.485. The van der Waals surface area contributed by atoms with E-state index >= 15 is 0 Å². The number of benzene rings is 2. The molecule has 0 spiro atoms. The van der Waals surface area contributed by atoms with Crippen molar-refractivity contribution < 1.29 is 14.7 Å². The van der Waals surface area contributed by atoms with Crippen molar-refractivity contribution in [2.75, 3.05) is 5.32 Å². The van der Waals surface area contributed by atoms with E-state index in [-0.39, 0.29) is 11.5 Å². The van der Waals surface area contributed by atoms with E-state index in [2.05, 4.69) is 12.2 Å². The Bertz CT molecular complexity index is 827. The summed E-state index contributed by atoms with van der Waals surface area (Å²) in [6.07, 6.45) is 8.61. The number of anilines is 1. The van der Waals surface area contributed by atoms with Crippen molar-refractivity contribution in [3.63, 3.8) is 0 Å². The predicted octanol–water partition coefficient (Wildman–Crippen LogP) is 6.16. The number of amides is 1. The fourth-order valence-electron chi connectivity index (χ4n) is 3.35. The first-order valence-corrected chi connectivity index (χ1v) is 10.2. The Morgan fingerprint density at radius 2 is 1.64 bits per heavy atom. The third kappa shape index (κ3) is 6.22. The van der Waals surface area contributed by atoms with Gasteiger partial charge in [-0.05, 0) is 62.1 Å². The van der Waals surface area contributed by atoms with E-state index in [0.29, 0.717) is 11.3 Å². The molecule has 1 amide bonds. The molecule has 0 heterocycles. The Labute approximate surface area is 168 Å². The standard InChI is InChI=1S/C24H31NO3/c1-4-5-6-7-8-9-10-19-12-13-20(16-18(19)3)23(26)25-22-14-11-17(2)15-21(22)24(27)28/h11-16H,4-10H2,1-3H3,(H,25,26)(H,27,28). The number of nitrogens with one attached hydrogen (secondary N) is 1. The molecular weight excluding hydrogens is 350 g/mol. The molecule has 0 saturated carbocycles. The summed E-state index contributed by atoms with van der Waals surface area (Å²) in [6, 6.07) is 10.7. The molecule has 0 unspecified atom stereocenters. The molecule has 2 N–H and O–H groups in total. The molecule has 0 atom stereocenters. The van der Waals surface area contributed by atoms with Crippen LogP contribution in [0.5, 0.6) is 0 Å². The number of carboxylic acid groups (broad SMARTS) is 1. The van der Waals surface area contributed by atoms with Crippen molar-refractivity contribution in [1.29, 1.82) is 0 Å². The van der Waals surface area contributed by atoms with E-state index in [4.69, 9.17) is 0 Å². The molecule has 0 aliphatic rings. The van der Waals surface area contributed by atoms with Gasteiger partial charge in [0.05, 0.1) is 11.3 Å². The van der Waals surface area contributed by atoms with Gasteiger partial charge in [0.15, 0.2) is 0 Å². The highest BCUT2D eigenvalue weighted by Gasteiger charge is 2.14. The highest BCUT2D eigenvalue weighted by molar-refractivity contribution is 6.07. The number of hydrogen-bond donors (Lipinski definition) is 2. The number of hydrogen-bond acceptors (Lipinski definition) is 2. The van der Waals surface area contributed by atoms with Crippen LogP contribution in [0, 0.1) is 13.8 Å². The first kappa shape index (κ1) is 21.7. The van der Waals surface area contributed by atoms with Gasteiger partial charge in [-0.15, -0.1) is 0 Å². The van der Waals surface area contributed by atoms with E-state index in [9.17, 15) is 14.7 Å². The van der Waals surface area contributed by atoms with E-state index in [1.54, 1.807) is 18.2 Å². The van der Waals surface area contributed by atoms with Crippen molar-refractivity contribution in [2.45, 2.75) is 65.7 Å². The average Bonchev–Trinajstić information content (AvgIpc) is 2.66. The lowest BCUT2D eigenvalue weighted by Gasteiger charge is -2.11. The number of aromatic carboxylic acids is 1. The molecule has 4 heteroatoms. The van der Waals surface area contributed by atoms with Crippen LogP contribution in [0.2, 0.25) is 0 Å². The average molecular weight is 382 g/mol. The topological polar surface area (TPSA) is 66.4 Å². The Kier molecular flexibility index (Phi) is 8.24. The van der Waals surface area contributed by atoms with Gasteiger partial charge in [-0.1, -0.05) is 56.7 Å². The second-order valence-electron chi connectivity index (χ2n) is 7.47. The third-order valence-electron chi connectivity index (χ3n) is 5.06. The van der Waals surface area contributed by atoms with Gasteiger partial charge in [0, 0.05) is 5.56 Å². The summed E-state index contributed by atoms with van der Waals surface area (Å²) in [6.45, 7) is 6.07.